The first-order chi connectivity index (χ1) is 11.2. The van der Waals surface area contributed by atoms with Gasteiger partial charge in [-0.2, -0.15) is 0 Å². The summed E-state index contributed by atoms with van der Waals surface area (Å²) in [5, 5.41) is 0. The van der Waals surface area contributed by atoms with E-state index < -0.39 is 0 Å². The molecule has 0 N–H and O–H groups in total. The molecule has 0 nitrogen and oxygen atoms in total. The monoisotopic (exact) mass is 472 g/mol. The minimum atomic E-state index is 0.00740. The number of aryl methyl sites for hydroxylation is 2. The number of benzene rings is 2. The predicted molar refractivity (Wildman–Crippen MR) is 116 cm³/mol. The lowest BCUT2D eigenvalue weighted by Crippen LogP contribution is -1.91. The standard InChI is InChI=1S/C19H24Br2P2/c20-22(15-7-13-18-9-3-1-4-10-18)17-23(21)16-8-14-19-11-5-2-6-12-19/h1-6,9-12H,7-8,13-17H2. The van der Waals surface area contributed by atoms with Crippen LogP contribution in [0.1, 0.15) is 24.0 Å². The van der Waals surface area contributed by atoms with Crippen LogP contribution in [0.2, 0.25) is 0 Å². The molecule has 2 aromatic carbocycles. The summed E-state index contributed by atoms with van der Waals surface area (Å²) in [6, 6.07) is 21.7. The molecule has 0 aliphatic carbocycles. The Bertz CT molecular complexity index is 484. The van der Waals surface area contributed by atoms with Crippen LogP contribution in [0.4, 0.5) is 0 Å². The summed E-state index contributed by atoms with van der Waals surface area (Å²) in [7, 11) is 0. The summed E-state index contributed by atoms with van der Waals surface area (Å²) in [6.45, 7) is 0.0148. The maximum Gasteiger partial charge on any atom is 0.00764 e. The third-order valence-electron chi connectivity index (χ3n) is 3.72. The molecule has 0 heterocycles. The second-order valence-corrected chi connectivity index (χ2v) is 15.6. The van der Waals surface area contributed by atoms with Crippen molar-refractivity contribution in [1.29, 1.82) is 0 Å². The largest absolute Gasteiger partial charge is 0.0622 e. The highest BCUT2D eigenvalue weighted by atomic mass is 79.9. The zero-order chi connectivity index (χ0) is 16.3. The van der Waals surface area contributed by atoms with Gasteiger partial charge in [0.2, 0.25) is 0 Å². The van der Waals surface area contributed by atoms with Gasteiger partial charge in [-0.3, -0.25) is 0 Å². The van der Waals surface area contributed by atoms with E-state index in [2.05, 4.69) is 91.6 Å². The topological polar surface area (TPSA) is 0 Å². The minimum absolute atomic E-state index is 0.00740. The first-order valence-corrected chi connectivity index (χ1v) is 15.6. The third kappa shape index (κ3) is 8.78. The Kier molecular flexibility index (Phi) is 10.0. The van der Waals surface area contributed by atoms with Crippen molar-refractivity contribution < 1.29 is 0 Å². The van der Waals surface area contributed by atoms with Crippen molar-refractivity contribution >= 4 is 44.2 Å². The molecule has 0 aliphatic heterocycles. The van der Waals surface area contributed by atoms with Crippen LogP contribution in [-0.4, -0.2) is 18.2 Å². The zero-order valence-corrected chi connectivity index (χ0v) is 18.3. The van der Waals surface area contributed by atoms with Crippen molar-refractivity contribution in [3.8, 4) is 0 Å². The Morgan fingerprint density at radius 2 is 1.00 bits per heavy atom. The molecule has 2 unspecified atom stereocenters. The van der Waals surface area contributed by atoms with Crippen molar-refractivity contribution in [2.45, 2.75) is 25.7 Å². The normalized spacial score (nSPS) is 13.7. The van der Waals surface area contributed by atoms with Crippen molar-refractivity contribution in [2.24, 2.45) is 0 Å². The fourth-order valence-corrected chi connectivity index (χ4v) is 15.1. The fourth-order valence-electron chi connectivity index (χ4n) is 2.51. The summed E-state index contributed by atoms with van der Waals surface area (Å²) in [5.74, 6) is 1.34. The molecule has 2 aromatic rings. The van der Waals surface area contributed by atoms with E-state index in [9.17, 15) is 0 Å². The average molecular weight is 474 g/mol. The van der Waals surface area contributed by atoms with Crippen LogP contribution in [0.3, 0.4) is 0 Å². The lowest BCUT2D eigenvalue weighted by molar-refractivity contribution is 0.928. The molecule has 0 aliphatic rings. The molecule has 0 bridgehead atoms. The fraction of sp³-hybridized carbons (Fsp3) is 0.368. The van der Waals surface area contributed by atoms with Gasteiger partial charge in [-0.1, -0.05) is 91.6 Å². The molecule has 0 spiro atoms. The van der Waals surface area contributed by atoms with Crippen LogP contribution in [0.15, 0.2) is 60.7 Å². The van der Waals surface area contributed by atoms with Crippen molar-refractivity contribution in [3.05, 3.63) is 71.8 Å². The molecule has 0 saturated heterocycles. The quantitative estimate of drug-likeness (QED) is 0.309. The van der Waals surface area contributed by atoms with Gasteiger partial charge in [0.15, 0.2) is 0 Å². The summed E-state index contributed by atoms with van der Waals surface area (Å²) >= 11 is 7.88. The van der Waals surface area contributed by atoms with E-state index in [1.807, 2.05) is 0 Å². The van der Waals surface area contributed by atoms with Gasteiger partial charge >= 0.3 is 0 Å². The van der Waals surface area contributed by atoms with Gasteiger partial charge in [-0.25, -0.2) is 0 Å². The van der Waals surface area contributed by atoms with E-state index in [1.54, 1.807) is 0 Å². The third-order valence-corrected chi connectivity index (χ3v) is 13.9. The van der Waals surface area contributed by atoms with Gasteiger partial charge < -0.3 is 0 Å². The molecular weight excluding hydrogens is 450 g/mol. The number of hydrogen-bond acceptors (Lipinski definition) is 0. The number of hydrogen-bond donors (Lipinski definition) is 0. The lowest BCUT2D eigenvalue weighted by atomic mass is 10.1. The number of halogens is 2. The maximum atomic E-state index is 3.94. The Labute approximate surface area is 159 Å². The minimum Gasteiger partial charge on any atom is -0.0622 e. The molecule has 124 valence electrons. The highest BCUT2D eigenvalue weighted by Gasteiger charge is 2.11. The van der Waals surface area contributed by atoms with Crippen LogP contribution >= 0.6 is 44.2 Å². The smallest absolute Gasteiger partial charge is 0.00764 e. The molecule has 0 aromatic heterocycles. The van der Waals surface area contributed by atoms with E-state index in [0.717, 1.165) is 0 Å². The van der Waals surface area contributed by atoms with E-state index in [-0.39, 0.29) is 13.2 Å². The Morgan fingerprint density at radius 1 is 0.609 bits per heavy atom. The highest BCUT2D eigenvalue weighted by Crippen LogP contribution is 2.59. The van der Waals surface area contributed by atoms with Crippen LogP contribution in [0.5, 0.6) is 0 Å². The van der Waals surface area contributed by atoms with Gasteiger partial charge in [-0.05, 0) is 62.4 Å². The maximum absolute atomic E-state index is 3.94. The molecule has 0 amide bonds. The Balaban J connectivity index is 1.56. The van der Waals surface area contributed by atoms with Crippen LogP contribution in [0, 0.1) is 0 Å². The molecule has 23 heavy (non-hydrogen) atoms. The highest BCUT2D eigenvalue weighted by molar-refractivity contribution is 9.42. The van der Waals surface area contributed by atoms with Gasteiger partial charge in [0.25, 0.3) is 0 Å². The van der Waals surface area contributed by atoms with Gasteiger partial charge in [0, 0.05) is 5.90 Å². The van der Waals surface area contributed by atoms with Gasteiger partial charge in [0.1, 0.15) is 0 Å². The molecule has 0 fully saturated rings. The molecule has 2 rings (SSSR count). The second kappa shape index (κ2) is 11.8. The molecule has 0 radical (unpaired) electrons. The Hall–Kier alpha value is 0.260. The number of rotatable bonds is 10. The summed E-state index contributed by atoms with van der Waals surface area (Å²) in [5.41, 5.74) is 2.93. The molecule has 0 saturated carbocycles. The van der Waals surface area contributed by atoms with Crippen LogP contribution in [0.25, 0.3) is 0 Å². The first-order valence-electron chi connectivity index (χ1n) is 8.13. The first kappa shape index (κ1) is 19.6. The van der Waals surface area contributed by atoms with Gasteiger partial charge in [0.05, 0.1) is 0 Å². The molecule has 2 atom stereocenters. The van der Waals surface area contributed by atoms with E-state index in [1.165, 1.54) is 55.0 Å². The predicted octanol–water partition coefficient (Wildman–Crippen LogP) is 7.79. The van der Waals surface area contributed by atoms with Crippen LogP contribution in [-0.2, 0) is 12.8 Å². The summed E-state index contributed by atoms with van der Waals surface area (Å²) < 4.78 is 0. The lowest BCUT2D eigenvalue weighted by Gasteiger charge is -2.15. The van der Waals surface area contributed by atoms with Crippen LogP contribution < -0.4 is 0 Å². The Morgan fingerprint density at radius 3 is 1.39 bits per heavy atom. The second-order valence-electron chi connectivity index (χ2n) is 5.69. The molecule has 4 heteroatoms. The summed E-state index contributed by atoms with van der Waals surface area (Å²) in [4.78, 5) is 0. The van der Waals surface area contributed by atoms with Crippen molar-refractivity contribution in [2.75, 3.05) is 18.2 Å². The van der Waals surface area contributed by atoms with E-state index >= 15 is 0 Å². The SMILES string of the molecule is BrP(CCCc1ccccc1)CP(Br)CCCc1ccccc1. The average Bonchev–Trinajstić information content (AvgIpc) is 2.57. The van der Waals surface area contributed by atoms with Crippen molar-refractivity contribution in [1.82, 2.24) is 0 Å². The van der Waals surface area contributed by atoms with E-state index in [0.29, 0.717) is 0 Å². The van der Waals surface area contributed by atoms with Crippen molar-refractivity contribution in [3.63, 3.8) is 0 Å². The zero-order valence-electron chi connectivity index (χ0n) is 13.4. The summed E-state index contributed by atoms with van der Waals surface area (Å²) in [6.07, 6.45) is 7.65. The van der Waals surface area contributed by atoms with E-state index in [4.69, 9.17) is 0 Å². The van der Waals surface area contributed by atoms with Gasteiger partial charge in [-0.15, -0.1) is 0 Å². The molecular formula is C19H24Br2P2.